The molecule has 1 N–H and O–H groups in total. The van der Waals surface area contributed by atoms with Crippen LogP contribution < -0.4 is 19.6 Å². The molecule has 1 unspecified atom stereocenters. The minimum absolute atomic E-state index is 0.352. The van der Waals surface area contributed by atoms with Crippen LogP contribution in [0.2, 0.25) is 5.02 Å². The number of ether oxygens (including phenoxy) is 3. The maximum absolute atomic E-state index is 12.6. The predicted octanol–water partition coefficient (Wildman–Crippen LogP) is 7.27. The van der Waals surface area contributed by atoms with Crippen molar-refractivity contribution in [2.45, 2.75) is 19.6 Å². The second kappa shape index (κ2) is 13.1. The van der Waals surface area contributed by atoms with E-state index in [1.807, 2.05) is 54.6 Å². The van der Waals surface area contributed by atoms with E-state index in [0.29, 0.717) is 39.3 Å². The fourth-order valence-electron chi connectivity index (χ4n) is 3.79. The van der Waals surface area contributed by atoms with Gasteiger partial charge in [0.15, 0.2) is 6.10 Å². The second-order valence-corrected chi connectivity index (χ2v) is 10.4. The molecule has 1 amide bonds. The number of hydrogen-bond donors (Lipinski definition) is 1. The topological polar surface area (TPSA) is 86.2 Å². The van der Waals surface area contributed by atoms with Crippen LogP contribution in [0.15, 0.2) is 108 Å². The molecule has 0 fully saturated rings. The molecule has 41 heavy (non-hydrogen) atoms. The van der Waals surface area contributed by atoms with Crippen LogP contribution in [-0.2, 0) is 11.4 Å². The van der Waals surface area contributed by atoms with E-state index in [1.165, 1.54) is 17.6 Å². The zero-order chi connectivity index (χ0) is 28.6. The minimum atomic E-state index is -0.772. The van der Waals surface area contributed by atoms with Crippen LogP contribution in [0.5, 0.6) is 17.2 Å². The Balaban J connectivity index is 1.08. The molecule has 0 aliphatic carbocycles. The van der Waals surface area contributed by atoms with Gasteiger partial charge in [-0.15, -0.1) is 11.3 Å². The smallest absolute Gasteiger partial charge is 0.355 e. The number of benzene rings is 4. The van der Waals surface area contributed by atoms with Crippen molar-refractivity contribution in [2.24, 2.45) is 5.10 Å². The van der Waals surface area contributed by atoms with Crippen LogP contribution in [0.3, 0.4) is 0 Å². The van der Waals surface area contributed by atoms with E-state index in [-0.39, 0.29) is 0 Å². The van der Waals surface area contributed by atoms with Crippen molar-refractivity contribution in [1.29, 1.82) is 0 Å². The lowest BCUT2D eigenvalue weighted by Crippen LogP contribution is -2.33. The summed E-state index contributed by atoms with van der Waals surface area (Å²) in [6.45, 7) is 2.10. The van der Waals surface area contributed by atoms with Crippen molar-refractivity contribution in [3.05, 3.63) is 124 Å². The van der Waals surface area contributed by atoms with Crippen molar-refractivity contribution >= 4 is 51.1 Å². The second-order valence-electron chi connectivity index (χ2n) is 8.94. The average molecular weight is 585 g/mol. The first-order valence-electron chi connectivity index (χ1n) is 12.7. The number of carbonyl (C=O) groups is 2. The molecule has 1 aromatic heterocycles. The van der Waals surface area contributed by atoms with E-state index in [1.54, 1.807) is 55.5 Å². The number of nitrogens with one attached hydrogen (secondary N) is 1. The molecule has 9 heteroatoms. The van der Waals surface area contributed by atoms with Crippen molar-refractivity contribution in [3.63, 3.8) is 0 Å². The van der Waals surface area contributed by atoms with Gasteiger partial charge in [-0.1, -0.05) is 60.1 Å². The van der Waals surface area contributed by atoms with Crippen LogP contribution in [0, 0.1) is 0 Å². The van der Waals surface area contributed by atoms with Gasteiger partial charge in [0.05, 0.1) is 11.2 Å². The summed E-state index contributed by atoms with van der Waals surface area (Å²) in [6, 6.07) is 31.2. The van der Waals surface area contributed by atoms with Gasteiger partial charge in [0.25, 0.3) is 5.91 Å². The third-order valence-electron chi connectivity index (χ3n) is 5.95. The third kappa shape index (κ3) is 7.30. The molecule has 206 valence electrons. The molecule has 1 atom stereocenters. The molecule has 0 saturated heterocycles. The van der Waals surface area contributed by atoms with Gasteiger partial charge in [-0.2, -0.15) is 5.10 Å². The Hall–Kier alpha value is -4.66. The maximum Gasteiger partial charge on any atom is 0.355 e. The number of amides is 1. The number of nitrogens with zero attached hydrogens (tertiary/aromatic N) is 1. The fraction of sp³-hybridized carbons (Fsp3) is 0.0938. The fourth-order valence-corrected chi connectivity index (χ4v) is 5.18. The Kier molecular flexibility index (Phi) is 8.93. The number of hydrogen-bond acceptors (Lipinski definition) is 7. The van der Waals surface area contributed by atoms with E-state index in [2.05, 4.69) is 10.5 Å². The molecule has 0 aliphatic heterocycles. The number of halogens is 1. The highest BCUT2D eigenvalue weighted by atomic mass is 35.5. The molecule has 7 nitrogen and oxygen atoms in total. The highest BCUT2D eigenvalue weighted by Crippen LogP contribution is 2.35. The molecule has 0 aliphatic rings. The van der Waals surface area contributed by atoms with Crippen LogP contribution >= 0.6 is 22.9 Å². The SMILES string of the molecule is CC(Oc1ccc(OCc2ccccc2)cc1)C(=O)N/N=C/c1ccc(OC(=O)c2sc3ccccc3c2Cl)cc1. The largest absolute Gasteiger partial charge is 0.489 e. The van der Waals surface area contributed by atoms with Gasteiger partial charge >= 0.3 is 5.97 Å². The number of thiophene rings is 1. The standard InChI is InChI=1S/C32H25ClN2O5S/c1-21(39-25-17-15-24(16-18-25)38-20-23-7-3-2-4-8-23)31(36)35-34-19-22-11-13-26(14-12-22)40-32(37)30-29(33)27-9-5-6-10-28(27)41-30/h2-19,21H,20H2,1H3,(H,35,36)/b34-19+. The number of carbonyl (C=O) groups excluding carboxylic acids is 2. The van der Waals surface area contributed by atoms with E-state index in [0.717, 1.165) is 15.6 Å². The van der Waals surface area contributed by atoms with Gasteiger partial charge in [0, 0.05) is 10.1 Å². The summed E-state index contributed by atoms with van der Waals surface area (Å²) in [5, 5.41) is 5.21. The Labute approximate surface area is 245 Å². The summed E-state index contributed by atoms with van der Waals surface area (Å²) in [4.78, 5) is 25.4. The summed E-state index contributed by atoms with van der Waals surface area (Å²) in [7, 11) is 0. The average Bonchev–Trinajstić information content (AvgIpc) is 3.34. The third-order valence-corrected chi connectivity index (χ3v) is 7.61. The Morgan fingerprint density at radius 1 is 0.878 bits per heavy atom. The summed E-state index contributed by atoms with van der Waals surface area (Å²) in [6.07, 6.45) is 0.712. The summed E-state index contributed by atoms with van der Waals surface area (Å²) in [5.74, 6) is 0.672. The summed E-state index contributed by atoms with van der Waals surface area (Å²) >= 11 is 7.66. The molecule has 0 saturated carbocycles. The lowest BCUT2D eigenvalue weighted by molar-refractivity contribution is -0.127. The van der Waals surface area contributed by atoms with Crippen LogP contribution in [0.4, 0.5) is 0 Å². The highest BCUT2D eigenvalue weighted by Gasteiger charge is 2.19. The van der Waals surface area contributed by atoms with E-state index < -0.39 is 18.0 Å². The molecule has 5 aromatic rings. The van der Waals surface area contributed by atoms with E-state index in [4.69, 9.17) is 25.8 Å². The number of hydrazone groups is 1. The Morgan fingerprint density at radius 3 is 2.27 bits per heavy atom. The molecule has 0 spiro atoms. The monoisotopic (exact) mass is 584 g/mol. The first-order chi connectivity index (χ1) is 20.0. The van der Waals surface area contributed by atoms with Gasteiger partial charge in [-0.05, 0) is 72.6 Å². The molecule has 0 radical (unpaired) electrons. The van der Waals surface area contributed by atoms with Gasteiger partial charge in [-0.25, -0.2) is 10.2 Å². The van der Waals surface area contributed by atoms with Crippen LogP contribution in [-0.4, -0.2) is 24.2 Å². The molecule has 4 aromatic carbocycles. The zero-order valence-corrected chi connectivity index (χ0v) is 23.5. The normalized spacial score (nSPS) is 11.8. The van der Waals surface area contributed by atoms with Crippen molar-refractivity contribution in [3.8, 4) is 17.2 Å². The Bertz CT molecular complexity index is 1670. The van der Waals surface area contributed by atoms with Crippen molar-refractivity contribution in [1.82, 2.24) is 5.43 Å². The summed E-state index contributed by atoms with van der Waals surface area (Å²) < 4.78 is 17.9. The van der Waals surface area contributed by atoms with Crippen LogP contribution in [0.1, 0.15) is 27.7 Å². The lowest BCUT2D eigenvalue weighted by Gasteiger charge is -2.13. The van der Waals surface area contributed by atoms with E-state index >= 15 is 0 Å². The predicted molar refractivity (Wildman–Crippen MR) is 161 cm³/mol. The van der Waals surface area contributed by atoms with Crippen LogP contribution in [0.25, 0.3) is 10.1 Å². The first-order valence-corrected chi connectivity index (χ1v) is 13.9. The quantitative estimate of drug-likeness (QED) is 0.0807. The summed E-state index contributed by atoms with van der Waals surface area (Å²) in [5.41, 5.74) is 4.24. The van der Waals surface area contributed by atoms with Gasteiger partial charge in [0.2, 0.25) is 0 Å². The maximum atomic E-state index is 12.6. The number of fused-ring (bicyclic) bond motifs is 1. The Morgan fingerprint density at radius 2 is 1.54 bits per heavy atom. The molecular weight excluding hydrogens is 560 g/mol. The molecule has 5 rings (SSSR count). The molecule has 1 heterocycles. The van der Waals surface area contributed by atoms with Gasteiger partial charge in [-0.3, -0.25) is 4.79 Å². The van der Waals surface area contributed by atoms with Gasteiger partial charge in [0.1, 0.15) is 28.7 Å². The zero-order valence-electron chi connectivity index (χ0n) is 22.0. The number of rotatable bonds is 10. The molecular formula is C32H25ClN2O5S. The van der Waals surface area contributed by atoms with Gasteiger partial charge < -0.3 is 14.2 Å². The highest BCUT2D eigenvalue weighted by molar-refractivity contribution is 7.21. The first kappa shape index (κ1) is 27.9. The van der Waals surface area contributed by atoms with Crippen molar-refractivity contribution in [2.75, 3.05) is 0 Å². The van der Waals surface area contributed by atoms with E-state index in [9.17, 15) is 9.59 Å². The minimum Gasteiger partial charge on any atom is -0.489 e. The lowest BCUT2D eigenvalue weighted by atomic mass is 10.2. The molecule has 0 bridgehead atoms. The van der Waals surface area contributed by atoms with Crippen molar-refractivity contribution < 1.29 is 23.8 Å². The number of esters is 1.